The maximum absolute atomic E-state index is 12.6. The molecule has 0 unspecified atom stereocenters. The highest BCUT2D eigenvalue weighted by Gasteiger charge is 2.40. The normalized spacial score (nSPS) is 17.5. The summed E-state index contributed by atoms with van der Waals surface area (Å²) in [4.78, 5) is 26.6. The largest absolute Gasteiger partial charge is 0.406 e. The van der Waals surface area contributed by atoms with Crippen molar-refractivity contribution < 1.29 is 22.8 Å². The van der Waals surface area contributed by atoms with Gasteiger partial charge in [-0.15, -0.1) is 6.42 Å². The smallest absolute Gasteiger partial charge is 0.322 e. The molecule has 0 spiro atoms. The lowest BCUT2D eigenvalue weighted by Gasteiger charge is -2.24. The summed E-state index contributed by atoms with van der Waals surface area (Å²) >= 11 is 0. The zero-order valence-corrected chi connectivity index (χ0v) is 13.8. The molecule has 1 aliphatic heterocycles. The van der Waals surface area contributed by atoms with Crippen LogP contribution in [-0.4, -0.2) is 42.5 Å². The molecule has 0 N–H and O–H groups in total. The number of anilines is 1. The molecule has 2 amide bonds. The number of alkyl halides is 3. The molecule has 1 aliphatic rings. The first-order valence-electron chi connectivity index (χ1n) is 7.93. The molecular weight excluding hydrogens is 333 g/mol. The van der Waals surface area contributed by atoms with E-state index in [-0.39, 0.29) is 18.9 Å². The molecule has 0 radical (unpaired) electrons. The van der Waals surface area contributed by atoms with Crippen molar-refractivity contribution in [1.82, 2.24) is 4.90 Å². The fourth-order valence-corrected chi connectivity index (χ4v) is 2.83. The number of aryl methyl sites for hydroxylation is 1. The minimum atomic E-state index is -4.54. The molecule has 0 aromatic heterocycles. The average Bonchev–Trinajstić information content (AvgIpc) is 2.94. The Kier molecular flexibility index (Phi) is 5.73. The van der Waals surface area contributed by atoms with Crippen LogP contribution in [0, 0.1) is 18.3 Å². The summed E-state index contributed by atoms with van der Waals surface area (Å²) in [6.07, 6.45) is 1.27. The van der Waals surface area contributed by atoms with Gasteiger partial charge >= 0.3 is 6.18 Å². The van der Waals surface area contributed by atoms with E-state index in [1.807, 2.05) is 19.1 Å². The molecule has 1 fully saturated rings. The Labute approximate surface area is 144 Å². The van der Waals surface area contributed by atoms with Gasteiger partial charge in [0.1, 0.15) is 6.54 Å². The third kappa shape index (κ3) is 4.75. The monoisotopic (exact) mass is 352 g/mol. The molecule has 1 saturated heterocycles. The number of carbonyl (C=O) groups excluding carboxylic acids is 2. The van der Waals surface area contributed by atoms with Gasteiger partial charge in [-0.05, 0) is 24.1 Å². The highest BCUT2D eigenvalue weighted by Crippen LogP contribution is 2.27. The zero-order valence-electron chi connectivity index (χ0n) is 13.8. The van der Waals surface area contributed by atoms with Crippen LogP contribution >= 0.6 is 0 Å². The van der Waals surface area contributed by atoms with E-state index in [0.717, 1.165) is 12.0 Å². The molecule has 0 saturated carbocycles. The number of rotatable bonds is 5. The van der Waals surface area contributed by atoms with Crippen LogP contribution in [0.5, 0.6) is 0 Å². The minimum Gasteiger partial charge on any atom is -0.322 e. The number of amides is 2. The average molecular weight is 352 g/mol. The van der Waals surface area contributed by atoms with Gasteiger partial charge in [-0.1, -0.05) is 25.0 Å². The molecular formula is C18H19F3N2O2. The van der Waals surface area contributed by atoms with Crippen molar-refractivity contribution in [3.63, 3.8) is 0 Å². The Balaban J connectivity index is 2.11. The Morgan fingerprint density at radius 2 is 2.00 bits per heavy atom. The third-order valence-electron chi connectivity index (χ3n) is 4.09. The number of carbonyl (C=O) groups is 2. The van der Waals surface area contributed by atoms with Crippen molar-refractivity contribution in [3.05, 3.63) is 29.8 Å². The molecule has 1 atom stereocenters. The van der Waals surface area contributed by atoms with E-state index < -0.39 is 31.1 Å². The maximum Gasteiger partial charge on any atom is 0.406 e. The van der Waals surface area contributed by atoms with Gasteiger partial charge in [-0.3, -0.25) is 9.59 Å². The van der Waals surface area contributed by atoms with E-state index in [4.69, 9.17) is 6.42 Å². The van der Waals surface area contributed by atoms with Gasteiger partial charge in [-0.2, -0.15) is 13.2 Å². The predicted molar refractivity (Wildman–Crippen MR) is 87.7 cm³/mol. The summed E-state index contributed by atoms with van der Waals surface area (Å²) < 4.78 is 37.9. The maximum atomic E-state index is 12.6. The van der Waals surface area contributed by atoms with Crippen LogP contribution in [-0.2, 0) is 16.0 Å². The van der Waals surface area contributed by atoms with Crippen LogP contribution in [0.3, 0.4) is 0 Å². The van der Waals surface area contributed by atoms with Crippen molar-refractivity contribution in [2.75, 3.05) is 24.5 Å². The SMILES string of the molecule is C#CCN(CC(F)(F)F)C(=O)[C@H]1CC(=O)N(c2ccc(CC)cc2)C1. The van der Waals surface area contributed by atoms with Crippen LogP contribution in [0.2, 0.25) is 0 Å². The number of hydrogen-bond acceptors (Lipinski definition) is 2. The van der Waals surface area contributed by atoms with E-state index in [1.165, 1.54) is 4.90 Å². The fraction of sp³-hybridized carbons (Fsp3) is 0.444. The van der Waals surface area contributed by atoms with Gasteiger partial charge in [0.2, 0.25) is 11.8 Å². The zero-order chi connectivity index (χ0) is 18.6. The summed E-state index contributed by atoms with van der Waals surface area (Å²) in [5, 5.41) is 0. The van der Waals surface area contributed by atoms with Gasteiger partial charge in [-0.25, -0.2) is 0 Å². The van der Waals surface area contributed by atoms with Crippen LogP contribution in [0.25, 0.3) is 0 Å². The predicted octanol–water partition coefficient (Wildman–Crippen LogP) is 2.63. The van der Waals surface area contributed by atoms with Crippen molar-refractivity contribution in [2.45, 2.75) is 25.9 Å². The topological polar surface area (TPSA) is 40.6 Å². The fourth-order valence-electron chi connectivity index (χ4n) is 2.83. The lowest BCUT2D eigenvalue weighted by Crippen LogP contribution is -2.43. The lowest BCUT2D eigenvalue weighted by atomic mass is 10.1. The quantitative estimate of drug-likeness (QED) is 0.765. The molecule has 0 aliphatic carbocycles. The van der Waals surface area contributed by atoms with Gasteiger partial charge in [0.15, 0.2) is 0 Å². The number of hydrogen-bond donors (Lipinski definition) is 0. The van der Waals surface area contributed by atoms with Gasteiger partial charge in [0.05, 0.1) is 12.5 Å². The first-order valence-corrected chi connectivity index (χ1v) is 7.93. The molecule has 1 aromatic carbocycles. The molecule has 134 valence electrons. The van der Waals surface area contributed by atoms with Crippen LogP contribution in [0.15, 0.2) is 24.3 Å². The number of benzene rings is 1. The Bertz CT molecular complexity index is 677. The lowest BCUT2D eigenvalue weighted by molar-refractivity contribution is -0.162. The Hall–Kier alpha value is -2.49. The van der Waals surface area contributed by atoms with Crippen LogP contribution < -0.4 is 4.90 Å². The summed E-state index contributed by atoms with van der Waals surface area (Å²) in [7, 11) is 0. The molecule has 4 nitrogen and oxygen atoms in total. The number of halogens is 3. The van der Waals surface area contributed by atoms with E-state index in [0.29, 0.717) is 10.6 Å². The number of terminal acetylenes is 1. The summed E-state index contributed by atoms with van der Waals surface area (Å²) in [6, 6.07) is 7.31. The van der Waals surface area contributed by atoms with Crippen molar-refractivity contribution in [2.24, 2.45) is 5.92 Å². The Morgan fingerprint density at radius 3 is 2.52 bits per heavy atom. The van der Waals surface area contributed by atoms with Gasteiger partial charge in [0, 0.05) is 18.7 Å². The summed E-state index contributed by atoms with van der Waals surface area (Å²) in [6.45, 7) is 0.216. The van der Waals surface area contributed by atoms with E-state index >= 15 is 0 Å². The van der Waals surface area contributed by atoms with Crippen LogP contribution in [0.4, 0.5) is 18.9 Å². The molecule has 2 rings (SSSR count). The first-order chi connectivity index (χ1) is 11.7. The van der Waals surface area contributed by atoms with E-state index in [1.54, 1.807) is 12.1 Å². The highest BCUT2D eigenvalue weighted by atomic mass is 19.4. The number of nitrogens with zero attached hydrogens (tertiary/aromatic N) is 2. The second kappa shape index (κ2) is 7.60. The van der Waals surface area contributed by atoms with Gasteiger partial charge in [0.25, 0.3) is 0 Å². The van der Waals surface area contributed by atoms with Gasteiger partial charge < -0.3 is 9.80 Å². The van der Waals surface area contributed by atoms with Crippen molar-refractivity contribution in [1.29, 1.82) is 0 Å². The second-order valence-corrected chi connectivity index (χ2v) is 5.94. The molecule has 7 heteroatoms. The van der Waals surface area contributed by atoms with Crippen LogP contribution in [0.1, 0.15) is 18.9 Å². The first kappa shape index (κ1) is 18.8. The molecule has 25 heavy (non-hydrogen) atoms. The minimum absolute atomic E-state index is 0.0576. The molecule has 1 aromatic rings. The standard InChI is InChI=1S/C18H19F3N2O2/c1-3-9-22(12-18(19,20)21)17(25)14-10-16(24)23(11-14)15-7-5-13(4-2)6-8-15/h1,5-8,14H,4,9-12H2,2H3/t14-/m0/s1. The molecule has 1 heterocycles. The third-order valence-corrected chi connectivity index (χ3v) is 4.09. The van der Waals surface area contributed by atoms with E-state index in [9.17, 15) is 22.8 Å². The highest BCUT2D eigenvalue weighted by molar-refractivity contribution is 6.00. The van der Waals surface area contributed by atoms with E-state index in [2.05, 4.69) is 5.92 Å². The summed E-state index contributed by atoms with van der Waals surface area (Å²) in [5.74, 6) is 0.221. The Morgan fingerprint density at radius 1 is 1.36 bits per heavy atom. The molecule has 0 bridgehead atoms. The summed E-state index contributed by atoms with van der Waals surface area (Å²) in [5.41, 5.74) is 1.74. The van der Waals surface area contributed by atoms with Crippen molar-refractivity contribution >= 4 is 17.5 Å². The second-order valence-electron chi connectivity index (χ2n) is 5.94. The van der Waals surface area contributed by atoms with Crippen molar-refractivity contribution in [3.8, 4) is 12.3 Å².